The highest BCUT2D eigenvalue weighted by atomic mass is 32.1. The molecule has 1 aromatic heterocycles. The average Bonchev–Trinajstić information content (AvgIpc) is 3.13. The SMILES string of the molecule is Cc1ccc(NC(=O)CN2CCC[C@H]2c2cccs2)cc1C. The minimum Gasteiger partial charge on any atom is -0.325 e. The lowest BCUT2D eigenvalue weighted by atomic mass is 10.1. The number of hydrogen-bond acceptors (Lipinski definition) is 3. The first-order chi connectivity index (χ1) is 10.6. The van der Waals surface area contributed by atoms with Crippen molar-refractivity contribution in [1.29, 1.82) is 0 Å². The number of carbonyl (C=O) groups excluding carboxylic acids is 1. The number of rotatable bonds is 4. The second-order valence-corrected chi connectivity index (χ2v) is 6.97. The largest absolute Gasteiger partial charge is 0.325 e. The number of aryl methyl sites for hydroxylation is 2. The molecule has 1 atom stereocenters. The summed E-state index contributed by atoms with van der Waals surface area (Å²) in [5, 5.41) is 5.14. The highest BCUT2D eigenvalue weighted by molar-refractivity contribution is 7.10. The summed E-state index contributed by atoms with van der Waals surface area (Å²) in [6.45, 7) is 5.62. The Balaban J connectivity index is 1.62. The quantitative estimate of drug-likeness (QED) is 0.920. The molecule has 2 heterocycles. The van der Waals surface area contributed by atoms with Gasteiger partial charge in [-0.05, 0) is 67.9 Å². The minimum absolute atomic E-state index is 0.0757. The van der Waals surface area contributed by atoms with Crippen molar-refractivity contribution in [3.63, 3.8) is 0 Å². The Morgan fingerprint density at radius 3 is 2.91 bits per heavy atom. The third-order valence-corrected chi connectivity index (χ3v) is 5.35. The Hall–Kier alpha value is -1.65. The summed E-state index contributed by atoms with van der Waals surface area (Å²) in [6.07, 6.45) is 2.32. The van der Waals surface area contributed by atoms with Crippen LogP contribution in [0.15, 0.2) is 35.7 Å². The number of carbonyl (C=O) groups is 1. The van der Waals surface area contributed by atoms with E-state index >= 15 is 0 Å². The highest BCUT2D eigenvalue weighted by Gasteiger charge is 2.28. The van der Waals surface area contributed by atoms with Crippen molar-refractivity contribution in [1.82, 2.24) is 4.90 Å². The summed E-state index contributed by atoms with van der Waals surface area (Å²) in [7, 11) is 0. The smallest absolute Gasteiger partial charge is 0.238 e. The molecule has 0 radical (unpaired) electrons. The molecule has 0 unspecified atom stereocenters. The van der Waals surface area contributed by atoms with Crippen molar-refractivity contribution in [2.45, 2.75) is 32.7 Å². The first kappa shape index (κ1) is 15.3. The summed E-state index contributed by atoms with van der Waals surface area (Å²) in [4.78, 5) is 16.0. The third-order valence-electron chi connectivity index (χ3n) is 4.37. The van der Waals surface area contributed by atoms with E-state index in [9.17, 15) is 4.79 Å². The van der Waals surface area contributed by atoms with Gasteiger partial charge in [-0.15, -0.1) is 11.3 Å². The molecule has 1 fully saturated rings. The third kappa shape index (κ3) is 3.39. The predicted molar refractivity (Wildman–Crippen MR) is 92.4 cm³/mol. The first-order valence-corrected chi connectivity index (χ1v) is 8.66. The Labute approximate surface area is 136 Å². The summed E-state index contributed by atoms with van der Waals surface area (Å²) in [5.41, 5.74) is 3.34. The lowest BCUT2D eigenvalue weighted by Gasteiger charge is -2.23. The maximum absolute atomic E-state index is 12.3. The highest BCUT2D eigenvalue weighted by Crippen LogP contribution is 2.34. The van der Waals surface area contributed by atoms with Crippen LogP contribution in [0.3, 0.4) is 0 Å². The lowest BCUT2D eigenvalue weighted by molar-refractivity contribution is -0.117. The van der Waals surface area contributed by atoms with Gasteiger partial charge in [0.15, 0.2) is 0 Å². The molecule has 1 saturated heterocycles. The number of thiophene rings is 1. The predicted octanol–water partition coefficient (Wildman–Crippen LogP) is 4.14. The molecule has 1 aliphatic heterocycles. The van der Waals surface area contributed by atoms with Crippen LogP contribution >= 0.6 is 11.3 Å². The zero-order valence-corrected chi connectivity index (χ0v) is 14.0. The summed E-state index contributed by atoms with van der Waals surface area (Å²) >= 11 is 1.79. The molecule has 4 heteroatoms. The van der Waals surface area contributed by atoms with E-state index in [-0.39, 0.29) is 5.91 Å². The van der Waals surface area contributed by atoms with Gasteiger partial charge in [0.1, 0.15) is 0 Å². The van der Waals surface area contributed by atoms with Crippen LogP contribution < -0.4 is 5.32 Å². The van der Waals surface area contributed by atoms with Crippen LogP contribution in [-0.2, 0) is 4.79 Å². The fourth-order valence-corrected chi connectivity index (χ4v) is 3.92. The van der Waals surface area contributed by atoms with Crippen LogP contribution in [0.1, 0.15) is 34.9 Å². The molecule has 116 valence electrons. The molecule has 1 amide bonds. The zero-order valence-electron chi connectivity index (χ0n) is 13.1. The molecule has 0 bridgehead atoms. The minimum atomic E-state index is 0.0757. The Morgan fingerprint density at radius 1 is 1.32 bits per heavy atom. The van der Waals surface area contributed by atoms with E-state index in [1.54, 1.807) is 11.3 Å². The molecular formula is C18H22N2OS. The summed E-state index contributed by atoms with van der Waals surface area (Å²) in [6, 6.07) is 10.7. The maximum Gasteiger partial charge on any atom is 0.238 e. The molecule has 1 N–H and O–H groups in total. The van der Waals surface area contributed by atoms with Gasteiger partial charge >= 0.3 is 0 Å². The number of nitrogens with zero attached hydrogens (tertiary/aromatic N) is 1. The van der Waals surface area contributed by atoms with Crippen LogP contribution in [0.5, 0.6) is 0 Å². The van der Waals surface area contributed by atoms with Gasteiger partial charge in [0, 0.05) is 16.6 Å². The Kier molecular flexibility index (Phi) is 4.60. The molecule has 0 spiro atoms. The first-order valence-electron chi connectivity index (χ1n) is 7.78. The van der Waals surface area contributed by atoms with Crippen LogP contribution in [-0.4, -0.2) is 23.9 Å². The number of nitrogens with one attached hydrogen (secondary N) is 1. The van der Waals surface area contributed by atoms with Crippen molar-refractivity contribution in [2.24, 2.45) is 0 Å². The van der Waals surface area contributed by atoms with Crippen LogP contribution in [0.2, 0.25) is 0 Å². The van der Waals surface area contributed by atoms with Gasteiger partial charge in [-0.3, -0.25) is 9.69 Å². The molecule has 22 heavy (non-hydrogen) atoms. The van der Waals surface area contributed by atoms with E-state index in [0.29, 0.717) is 12.6 Å². The van der Waals surface area contributed by atoms with Crippen molar-refractivity contribution in [3.05, 3.63) is 51.7 Å². The van der Waals surface area contributed by atoms with Crippen molar-refractivity contribution in [2.75, 3.05) is 18.4 Å². The number of hydrogen-bond donors (Lipinski definition) is 1. The van der Waals surface area contributed by atoms with Crippen molar-refractivity contribution < 1.29 is 4.79 Å². The maximum atomic E-state index is 12.3. The standard InChI is InChI=1S/C18H22N2OS/c1-13-7-8-15(11-14(13)2)19-18(21)12-20-9-3-5-16(20)17-6-4-10-22-17/h4,6-8,10-11,16H,3,5,9,12H2,1-2H3,(H,19,21)/t16-/m0/s1. The van der Waals surface area contributed by atoms with Crippen LogP contribution in [0, 0.1) is 13.8 Å². The molecule has 1 aliphatic rings. The Morgan fingerprint density at radius 2 is 2.18 bits per heavy atom. The number of amides is 1. The summed E-state index contributed by atoms with van der Waals surface area (Å²) in [5.74, 6) is 0.0757. The zero-order chi connectivity index (χ0) is 15.5. The molecule has 0 saturated carbocycles. The molecule has 3 nitrogen and oxygen atoms in total. The fourth-order valence-electron chi connectivity index (χ4n) is 3.02. The molecule has 3 rings (SSSR count). The Bertz CT molecular complexity index is 651. The van der Waals surface area contributed by atoms with E-state index in [4.69, 9.17) is 0 Å². The number of benzene rings is 1. The van der Waals surface area contributed by atoms with Crippen LogP contribution in [0.4, 0.5) is 5.69 Å². The monoisotopic (exact) mass is 314 g/mol. The normalized spacial score (nSPS) is 18.5. The van der Waals surface area contributed by atoms with Gasteiger partial charge in [0.2, 0.25) is 5.91 Å². The van der Waals surface area contributed by atoms with Crippen LogP contribution in [0.25, 0.3) is 0 Å². The van der Waals surface area contributed by atoms with E-state index in [0.717, 1.165) is 18.7 Å². The molecule has 2 aromatic rings. The van der Waals surface area contributed by atoms with Gasteiger partial charge in [0.05, 0.1) is 6.54 Å². The molecule has 0 aliphatic carbocycles. The average molecular weight is 314 g/mol. The van der Waals surface area contributed by atoms with Gasteiger partial charge in [0.25, 0.3) is 0 Å². The van der Waals surface area contributed by atoms with Gasteiger partial charge in [-0.2, -0.15) is 0 Å². The summed E-state index contributed by atoms with van der Waals surface area (Å²) < 4.78 is 0. The van der Waals surface area contributed by atoms with E-state index in [2.05, 4.69) is 47.6 Å². The van der Waals surface area contributed by atoms with E-state index < -0.39 is 0 Å². The molecule has 1 aromatic carbocycles. The number of likely N-dealkylation sites (tertiary alicyclic amines) is 1. The van der Waals surface area contributed by atoms with Crippen molar-refractivity contribution >= 4 is 22.9 Å². The van der Waals surface area contributed by atoms with E-state index in [1.165, 1.54) is 22.4 Å². The van der Waals surface area contributed by atoms with Gasteiger partial charge in [-0.1, -0.05) is 12.1 Å². The lowest BCUT2D eigenvalue weighted by Crippen LogP contribution is -2.32. The second-order valence-electron chi connectivity index (χ2n) is 5.99. The van der Waals surface area contributed by atoms with E-state index in [1.807, 2.05) is 12.1 Å². The topological polar surface area (TPSA) is 32.3 Å². The van der Waals surface area contributed by atoms with Gasteiger partial charge in [-0.25, -0.2) is 0 Å². The fraction of sp³-hybridized carbons (Fsp3) is 0.389. The van der Waals surface area contributed by atoms with Crippen molar-refractivity contribution in [3.8, 4) is 0 Å². The van der Waals surface area contributed by atoms with Gasteiger partial charge < -0.3 is 5.32 Å². The second kappa shape index (κ2) is 6.63. The molecular weight excluding hydrogens is 292 g/mol. The number of anilines is 1.